The molecule has 0 radical (unpaired) electrons. The fourth-order valence-corrected chi connectivity index (χ4v) is 2.68. The van der Waals surface area contributed by atoms with Crippen molar-refractivity contribution in [2.45, 2.75) is 19.8 Å². The van der Waals surface area contributed by atoms with Crippen LogP contribution in [0.15, 0.2) is 29.3 Å². The average molecular weight is 318 g/mol. The van der Waals surface area contributed by atoms with E-state index in [9.17, 15) is 4.79 Å². The predicted octanol–water partition coefficient (Wildman–Crippen LogP) is 1.47. The highest BCUT2D eigenvalue weighted by atomic mass is 16.5. The van der Waals surface area contributed by atoms with Gasteiger partial charge in [-0.3, -0.25) is 9.79 Å². The Kier molecular flexibility index (Phi) is 6.26. The Labute approximate surface area is 137 Å². The number of nitrogens with one attached hydrogen (secondary N) is 1. The van der Waals surface area contributed by atoms with Gasteiger partial charge in [0.2, 0.25) is 0 Å². The first-order valence-corrected chi connectivity index (χ1v) is 8.07. The van der Waals surface area contributed by atoms with Crippen molar-refractivity contribution in [3.63, 3.8) is 0 Å². The third-order valence-electron chi connectivity index (χ3n) is 4.00. The number of methoxy groups -OCH3 is 1. The summed E-state index contributed by atoms with van der Waals surface area (Å²) in [5, 5.41) is 2.84. The Bertz CT molecular complexity index is 542. The largest absolute Gasteiger partial charge is 0.497 e. The molecule has 23 heavy (non-hydrogen) atoms. The summed E-state index contributed by atoms with van der Waals surface area (Å²) >= 11 is 0. The molecule has 1 fully saturated rings. The van der Waals surface area contributed by atoms with E-state index in [4.69, 9.17) is 10.5 Å². The number of rotatable bonds is 5. The van der Waals surface area contributed by atoms with Gasteiger partial charge in [-0.25, -0.2) is 0 Å². The zero-order valence-electron chi connectivity index (χ0n) is 13.9. The van der Waals surface area contributed by atoms with Gasteiger partial charge in [0.1, 0.15) is 5.75 Å². The molecular weight excluding hydrogens is 292 g/mol. The summed E-state index contributed by atoms with van der Waals surface area (Å²) in [4.78, 5) is 18.5. The molecule has 0 bridgehead atoms. The molecule has 2 rings (SSSR count). The maximum Gasteiger partial charge on any atom is 0.251 e. The molecule has 3 N–H and O–H groups in total. The smallest absolute Gasteiger partial charge is 0.251 e. The molecule has 1 aliphatic rings. The average Bonchev–Trinajstić information content (AvgIpc) is 2.58. The summed E-state index contributed by atoms with van der Waals surface area (Å²) < 4.78 is 5.07. The molecule has 0 saturated carbocycles. The summed E-state index contributed by atoms with van der Waals surface area (Å²) in [7, 11) is 1.60. The van der Waals surface area contributed by atoms with Crippen molar-refractivity contribution in [3.8, 4) is 5.75 Å². The van der Waals surface area contributed by atoms with Crippen LogP contribution in [-0.4, -0.2) is 50.1 Å². The standard InChI is InChI=1S/C17H26N4O2/c1-13-4-3-11-21(12-13)17(18)20-10-9-19-16(22)14-5-7-15(23-2)8-6-14/h5-8,13H,3-4,9-12H2,1-2H3,(H2,18,20)(H,19,22). The van der Waals surface area contributed by atoms with Gasteiger partial charge in [0.05, 0.1) is 13.7 Å². The number of ether oxygens (including phenoxy) is 1. The van der Waals surface area contributed by atoms with Gasteiger partial charge in [-0.2, -0.15) is 0 Å². The maximum absolute atomic E-state index is 12.0. The molecule has 1 atom stereocenters. The van der Waals surface area contributed by atoms with Gasteiger partial charge in [0.25, 0.3) is 5.91 Å². The number of carbonyl (C=O) groups is 1. The molecule has 0 spiro atoms. The number of benzene rings is 1. The van der Waals surface area contributed by atoms with Crippen LogP contribution in [0.5, 0.6) is 5.75 Å². The van der Waals surface area contributed by atoms with Crippen molar-refractivity contribution in [1.29, 1.82) is 0 Å². The Morgan fingerprint density at radius 1 is 1.43 bits per heavy atom. The molecule has 6 heteroatoms. The minimum Gasteiger partial charge on any atom is -0.497 e. The monoisotopic (exact) mass is 318 g/mol. The van der Waals surface area contributed by atoms with Gasteiger partial charge < -0.3 is 20.7 Å². The Morgan fingerprint density at radius 2 is 2.17 bits per heavy atom. The van der Waals surface area contributed by atoms with Crippen molar-refractivity contribution in [2.24, 2.45) is 16.6 Å². The summed E-state index contributed by atoms with van der Waals surface area (Å²) in [6, 6.07) is 7.01. The number of hydrogen-bond acceptors (Lipinski definition) is 3. The third kappa shape index (κ3) is 5.16. The number of piperidine rings is 1. The zero-order chi connectivity index (χ0) is 16.7. The van der Waals surface area contributed by atoms with Gasteiger partial charge in [-0.05, 0) is 43.0 Å². The van der Waals surface area contributed by atoms with Crippen molar-refractivity contribution in [2.75, 3.05) is 33.3 Å². The van der Waals surface area contributed by atoms with Crippen LogP contribution in [0.2, 0.25) is 0 Å². The number of guanidine groups is 1. The zero-order valence-corrected chi connectivity index (χ0v) is 13.9. The molecule has 1 aliphatic heterocycles. The molecule has 1 unspecified atom stereocenters. The van der Waals surface area contributed by atoms with Crippen LogP contribution in [0.4, 0.5) is 0 Å². The molecule has 0 aliphatic carbocycles. The molecule has 0 aromatic heterocycles. The number of hydrogen-bond donors (Lipinski definition) is 2. The van der Waals surface area contributed by atoms with Gasteiger partial charge in [-0.1, -0.05) is 6.92 Å². The summed E-state index contributed by atoms with van der Waals surface area (Å²) in [6.45, 7) is 5.12. The van der Waals surface area contributed by atoms with E-state index >= 15 is 0 Å². The second-order valence-corrected chi connectivity index (χ2v) is 5.92. The van der Waals surface area contributed by atoms with Gasteiger partial charge >= 0.3 is 0 Å². The van der Waals surface area contributed by atoms with E-state index in [-0.39, 0.29) is 5.91 Å². The number of likely N-dealkylation sites (tertiary alicyclic amines) is 1. The molecule has 1 aromatic rings. The highest BCUT2D eigenvalue weighted by Crippen LogP contribution is 2.14. The molecular formula is C17H26N4O2. The lowest BCUT2D eigenvalue weighted by Gasteiger charge is -2.31. The van der Waals surface area contributed by atoms with Gasteiger partial charge in [0.15, 0.2) is 5.96 Å². The number of nitrogens with two attached hydrogens (primary N) is 1. The van der Waals surface area contributed by atoms with E-state index in [1.54, 1.807) is 31.4 Å². The van der Waals surface area contributed by atoms with Crippen LogP contribution in [0.25, 0.3) is 0 Å². The van der Waals surface area contributed by atoms with E-state index < -0.39 is 0 Å². The minimum atomic E-state index is -0.118. The van der Waals surface area contributed by atoms with E-state index in [1.165, 1.54) is 6.42 Å². The number of nitrogens with zero attached hydrogens (tertiary/aromatic N) is 2. The van der Waals surface area contributed by atoms with Crippen LogP contribution >= 0.6 is 0 Å². The van der Waals surface area contributed by atoms with E-state index in [0.29, 0.717) is 30.5 Å². The summed E-state index contributed by atoms with van der Waals surface area (Å²) in [5.41, 5.74) is 6.62. The fourth-order valence-electron chi connectivity index (χ4n) is 2.68. The molecule has 126 valence electrons. The maximum atomic E-state index is 12.0. The quantitative estimate of drug-likeness (QED) is 0.489. The Hall–Kier alpha value is -2.24. The molecule has 6 nitrogen and oxygen atoms in total. The minimum absolute atomic E-state index is 0.118. The van der Waals surface area contributed by atoms with Gasteiger partial charge in [-0.15, -0.1) is 0 Å². The number of amides is 1. The Morgan fingerprint density at radius 3 is 2.83 bits per heavy atom. The Balaban J connectivity index is 1.75. The van der Waals surface area contributed by atoms with Crippen LogP contribution in [0, 0.1) is 5.92 Å². The lowest BCUT2D eigenvalue weighted by atomic mass is 10.0. The first-order valence-electron chi connectivity index (χ1n) is 8.07. The molecule has 1 amide bonds. The van der Waals surface area contributed by atoms with E-state index in [0.717, 1.165) is 25.3 Å². The molecule has 1 aromatic carbocycles. The predicted molar refractivity (Wildman–Crippen MR) is 91.8 cm³/mol. The first-order chi connectivity index (χ1) is 11.1. The highest BCUT2D eigenvalue weighted by Gasteiger charge is 2.17. The van der Waals surface area contributed by atoms with E-state index in [1.807, 2.05) is 0 Å². The lowest BCUT2D eigenvalue weighted by molar-refractivity contribution is 0.0954. The third-order valence-corrected chi connectivity index (χ3v) is 4.00. The highest BCUT2D eigenvalue weighted by molar-refractivity contribution is 5.94. The number of carbonyl (C=O) groups excluding carboxylic acids is 1. The van der Waals surface area contributed by atoms with Crippen molar-refractivity contribution < 1.29 is 9.53 Å². The van der Waals surface area contributed by atoms with Crippen LogP contribution in [0.3, 0.4) is 0 Å². The van der Waals surface area contributed by atoms with Crippen molar-refractivity contribution in [3.05, 3.63) is 29.8 Å². The van der Waals surface area contributed by atoms with Crippen LogP contribution in [-0.2, 0) is 0 Å². The van der Waals surface area contributed by atoms with Crippen molar-refractivity contribution in [1.82, 2.24) is 10.2 Å². The number of aliphatic imine (C=N–C) groups is 1. The SMILES string of the molecule is COc1ccc(C(=O)NCCN=C(N)N2CCCC(C)C2)cc1. The lowest BCUT2D eigenvalue weighted by Crippen LogP contribution is -2.43. The normalized spacial score (nSPS) is 18.6. The van der Waals surface area contributed by atoms with Gasteiger partial charge in [0, 0.05) is 25.2 Å². The molecule has 1 heterocycles. The first kappa shape index (κ1) is 17.1. The topological polar surface area (TPSA) is 79.9 Å². The molecule has 1 saturated heterocycles. The van der Waals surface area contributed by atoms with E-state index in [2.05, 4.69) is 22.1 Å². The van der Waals surface area contributed by atoms with Crippen LogP contribution < -0.4 is 15.8 Å². The second kappa shape index (κ2) is 8.41. The fraction of sp³-hybridized carbons (Fsp3) is 0.529. The van der Waals surface area contributed by atoms with Crippen molar-refractivity contribution >= 4 is 11.9 Å². The second-order valence-electron chi connectivity index (χ2n) is 5.92. The van der Waals surface area contributed by atoms with Crippen LogP contribution in [0.1, 0.15) is 30.1 Å². The summed E-state index contributed by atoms with van der Waals surface area (Å²) in [6.07, 6.45) is 2.41. The summed E-state index contributed by atoms with van der Waals surface area (Å²) in [5.74, 6) is 1.85.